The lowest BCUT2D eigenvalue weighted by Crippen LogP contribution is -2.55. The SMILES string of the molecule is CCCCc1oc2ccccc2c1C(=O)c1cc(I)c(OCCN(CC)CC)c(I)c1.O=C1[C@H](CC[C@H](O)c2ccc(F)cc2)[C@@H](c2ccc(O)cc2)N1c1ccc(F)cc1. The van der Waals surface area contributed by atoms with Gasteiger partial charge < -0.3 is 29.2 Å². The molecule has 1 amide bonds. The number of halogens is 4. The molecule has 2 heterocycles. The highest BCUT2D eigenvalue weighted by Crippen LogP contribution is 2.46. The number of ether oxygens (including phenoxy) is 1. The highest BCUT2D eigenvalue weighted by molar-refractivity contribution is 14.1. The van der Waals surface area contributed by atoms with Crippen LogP contribution >= 0.6 is 45.2 Å². The van der Waals surface area contributed by atoms with Gasteiger partial charge in [-0.2, -0.15) is 0 Å². The first-order chi connectivity index (χ1) is 29.4. The number of rotatable bonds is 17. The first-order valence-corrected chi connectivity index (χ1v) is 22.8. The summed E-state index contributed by atoms with van der Waals surface area (Å²) in [6.07, 6.45) is 2.79. The Morgan fingerprint density at radius 2 is 1.51 bits per heavy atom. The van der Waals surface area contributed by atoms with Crippen LogP contribution in [0.1, 0.15) is 91.4 Å². The number of benzene rings is 5. The fourth-order valence-corrected chi connectivity index (χ4v) is 9.69. The molecule has 0 bridgehead atoms. The minimum absolute atomic E-state index is 0.0153. The fraction of sp³-hybridized carbons (Fsp3) is 0.306. The molecule has 3 atom stereocenters. The first kappa shape index (κ1) is 46.1. The molecule has 1 saturated heterocycles. The van der Waals surface area contributed by atoms with Crippen LogP contribution in [0.2, 0.25) is 0 Å². The van der Waals surface area contributed by atoms with E-state index < -0.39 is 6.10 Å². The van der Waals surface area contributed by atoms with Gasteiger partial charge in [0.15, 0.2) is 5.78 Å². The third-order valence-electron chi connectivity index (χ3n) is 11.0. The fourth-order valence-electron chi connectivity index (χ4n) is 7.61. The van der Waals surface area contributed by atoms with Crippen LogP contribution in [0, 0.1) is 24.7 Å². The largest absolute Gasteiger partial charge is 0.508 e. The van der Waals surface area contributed by atoms with E-state index in [9.17, 15) is 28.6 Å². The number of ketones is 1. The molecular weight excluding hydrogens is 1000 g/mol. The number of phenols is 1. The molecule has 0 saturated carbocycles. The Bertz CT molecular complexity index is 2380. The van der Waals surface area contributed by atoms with Crippen LogP contribution in [0.15, 0.2) is 114 Å². The van der Waals surface area contributed by atoms with E-state index in [1.807, 2.05) is 36.4 Å². The van der Waals surface area contributed by atoms with Crippen molar-refractivity contribution in [3.05, 3.63) is 156 Å². The molecule has 0 unspecified atom stereocenters. The number of anilines is 1. The van der Waals surface area contributed by atoms with Crippen molar-refractivity contribution >= 4 is 73.5 Å². The molecule has 12 heteroatoms. The zero-order valence-corrected chi connectivity index (χ0v) is 38.7. The Morgan fingerprint density at radius 1 is 0.885 bits per heavy atom. The Morgan fingerprint density at radius 3 is 2.13 bits per heavy atom. The van der Waals surface area contributed by atoms with Crippen LogP contribution in [0.4, 0.5) is 14.5 Å². The van der Waals surface area contributed by atoms with E-state index in [2.05, 4.69) is 70.9 Å². The number of fused-ring (bicyclic) bond motifs is 1. The van der Waals surface area contributed by atoms with Crippen molar-refractivity contribution in [3.63, 3.8) is 0 Å². The minimum atomic E-state index is -0.807. The highest BCUT2D eigenvalue weighted by atomic mass is 127. The van der Waals surface area contributed by atoms with E-state index in [1.54, 1.807) is 41.3 Å². The smallest absolute Gasteiger partial charge is 0.233 e. The van der Waals surface area contributed by atoms with E-state index in [1.165, 1.54) is 36.4 Å². The van der Waals surface area contributed by atoms with Crippen molar-refractivity contribution < 1.29 is 37.7 Å². The molecule has 1 aliphatic heterocycles. The van der Waals surface area contributed by atoms with Crippen molar-refractivity contribution in [2.24, 2.45) is 5.92 Å². The number of carbonyl (C=O) groups excluding carboxylic acids is 2. The van der Waals surface area contributed by atoms with E-state index in [0.29, 0.717) is 41.8 Å². The summed E-state index contributed by atoms with van der Waals surface area (Å²) in [5.41, 5.74) is 4.19. The number of aryl methyl sites for hydroxylation is 1. The molecule has 1 aromatic heterocycles. The molecule has 0 aliphatic carbocycles. The number of β-lactam (4-membered cyclic amide) rings is 1. The average Bonchev–Trinajstić information content (AvgIpc) is 3.63. The number of para-hydroxylation sites is 1. The standard InChI is InChI=1S/C25H29I2NO3.C24H21F2NO3/c1-4-7-11-22-23(18-10-8-9-12-21(18)31-22)24(29)17-15-19(26)25(20(27)16-17)30-14-13-28(5-2)6-3;25-17-5-1-15(2-6-17)22(29)14-13-21-23(16-3-11-20(28)12-4-16)27(24(21)30)19-9-7-18(26)8-10-19/h8-10,12,15-16H,4-7,11,13-14H2,1-3H3;1-12,21-23,28-29H,13-14H2/t;21-,22+,23-/m.1/s1. The van der Waals surface area contributed by atoms with Crippen LogP contribution in [-0.2, 0) is 11.2 Å². The van der Waals surface area contributed by atoms with Crippen molar-refractivity contribution in [1.82, 2.24) is 4.90 Å². The molecule has 1 fully saturated rings. The van der Waals surface area contributed by atoms with Gasteiger partial charge in [0.25, 0.3) is 0 Å². The quantitative estimate of drug-likeness (QED) is 0.0533. The van der Waals surface area contributed by atoms with Gasteiger partial charge in [-0.05, 0) is 155 Å². The van der Waals surface area contributed by atoms with Crippen LogP contribution in [-0.4, -0.2) is 53.0 Å². The number of nitrogens with zero attached hydrogens (tertiary/aromatic N) is 2. The van der Waals surface area contributed by atoms with Gasteiger partial charge >= 0.3 is 0 Å². The van der Waals surface area contributed by atoms with Crippen LogP contribution < -0.4 is 9.64 Å². The number of unbranched alkanes of at least 4 members (excludes halogenated alkanes) is 1. The number of carbonyl (C=O) groups is 2. The second-order valence-electron chi connectivity index (χ2n) is 14.9. The van der Waals surface area contributed by atoms with Crippen LogP contribution in [0.3, 0.4) is 0 Å². The lowest BCUT2D eigenvalue weighted by atomic mass is 9.78. The molecule has 8 nitrogen and oxygen atoms in total. The molecule has 0 radical (unpaired) electrons. The lowest BCUT2D eigenvalue weighted by Gasteiger charge is -2.48. The van der Waals surface area contributed by atoms with E-state index in [0.717, 1.165) is 74.1 Å². The second kappa shape index (κ2) is 21.6. The number of aliphatic hydroxyl groups excluding tert-OH is 1. The predicted octanol–water partition coefficient (Wildman–Crippen LogP) is 11.8. The molecular formula is C49H50F2I2N2O6. The summed E-state index contributed by atoms with van der Waals surface area (Å²) < 4.78 is 40.5. The molecule has 7 rings (SSSR count). The average molecular weight is 1050 g/mol. The molecule has 0 spiro atoms. The van der Waals surface area contributed by atoms with E-state index in [-0.39, 0.29) is 41.0 Å². The van der Waals surface area contributed by atoms with Gasteiger partial charge in [-0.25, -0.2) is 8.78 Å². The number of hydrogen-bond acceptors (Lipinski definition) is 7. The number of hydrogen-bond donors (Lipinski definition) is 2. The third kappa shape index (κ3) is 11.2. The van der Waals surface area contributed by atoms with E-state index >= 15 is 0 Å². The summed E-state index contributed by atoms with van der Waals surface area (Å²) in [5, 5.41) is 20.9. The summed E-state index contributed by atoms with van der Waals surface area (Å²) in [5.74, 6) is 0.559. The van der Waals surface area contributed by atoms with Gasteiger partial charge in [-0.15, -0.1) is 0 Å². The van der Waals surface area contributed by atoms with Crippen molar-refractivity contribution in [1.29, 1.82) is 0 Å². The first-order valence-electron chi connectivity index (χ1n) is 20.6. The second-order valence-corrected chi connectivity index (χ2v) is 17.3. The number of likely N-dealkylation sites (N-methyl/N-ethyl adjacent to an activating group) is 1. The molecule has 2 N–H and O–H groups in total. The number of aromatic hydroxyl groups is 1. The van der Waals surface area contributed by atoms with Gasteiger partial charge in [-0.1, -0.05) is 69.7 Å². The molecule has 5 aromatic carbocycles. The number of amides is 1. The Kier molecular flexibility index (Phi) is 16.3. The normalized spacial score (nSPS) is 15.4. The van der Waals surface area contributed by atoms with Crippen molar-refractivity contribution in [3.8, 4) is 11.5 Å². The van der Waals surface area contributed by atoms with Crippen LogP contribution in [0.5, 0.6) is 11.5 Å². The maximum atomic E-state index is 13.6. The van der Waals surface area contributed by atoms with Gasteiger partial charge in [0, 0.05) is 29.6 Å². The molecule has 6 aromatic rings. The summed E-state index contributed by atoms with van der Waals surface area (Å²) in [4.78, 5) is 30.5. The third-order valence-corrected chi connectivity index (χ3v) is 12.6. The number of furan rings is 1. The summed E-state index contributed by atoms with van der Waals surface area (Å²) >= 11 is 4.54. The highest BCUT2D eigenvalue weighted by Gasteiger charge is 2.48. The van der Waals surface area contributed by atoms with Crippen molar-refractivity contribution in [2.75, 3.05) is 31.1 Å². The monoisotopic (exact) mass is 1050 g/mol. The maximum Gasteiger partial charge on any atom is 0.233 e. The Balaban J connectivity index is 0.000000204. The minimum Gasteiger partial charge on any atom is -0.508 e. The van der Waals surface area contributed by atoms with E-state index in [4.69, 9.17) is 9.15 Å². The lowest BCUT2D eigenvalue weighted by molar-refractivity contribution is -0.131. The Hall–Kier alpha value is -4.38. The number of phenolic OH excluding ortho intramolecular Hbond substituents is 1. The zero-order valence-electron chi connectivity index (χ0n) is 34.4. The Labute approximate surface area is 383 Å². The molecule has 320 valence electrons. The van der Waals surface area contributed by atoms with Gasteiger partial charge in [0.2, 0.25) is 5.91 Å². The van der Waals surface area contributed by atoms with Gasteiger partial charge in [-0.3, -0.25) is 9.59 Å². The number of aliphatic hydroxyl groups is 1. The van der Waals surface area contributed by atoms with Gasteiger partial charge in [0.05, 0.1) is 30.8 Å². The predicted molar refractivity (Wildman–Crippen MR) is 252 cm³/mol. The van der Waals surface area contributed by atoms with Gasteiger partial charge in [0.1, 0.15) is 41.1 Å². The summed E-state index contributed by atoms with van der Waals surface area (Å²) in [6, 6.07) is 29.4. The maximum absolute atomic E-state index is 13.6. The molecule has 61 heavy (non-hydrogen) atoms. The van der Waals surface area contributed by atoms with Crippen LogP contribution in [0.25, 0.3) is 11.0 Å². The van der Waals surface area contributed by atoms with Crippen molar-refractivity contribution in [2.45, 2.75) is 65.0 Å². The summed E-state index contributed by atoms with van der Waals surface area (Å²) in [7, 11) is 0. The zero-order chi connectivity index (χ0) is 43.6. The molecule has 1 aliphatic rings. The topological polar surface area (TPSA) is 103 Å². The summed E-state index contributed by atoms with van der Waals surface area (Å²) in [6.45, 7) is 10.0.